The quantitative estimate of drug-likeness (QED) is 0.718. The zero-order chi connectivity index (χ0) is 17.6. The van der Waals surface area contributed by atoms with Gasteiger partial charge in [-0.25, -0.2) is 14.4 Å². The molecule has 0 fully saturated rings. The van der Waals surface area contributed by atoms with Crippen molar-refractivity contribution in [1.29, 1.82) is 0 Å². The van der Waals surface area contributed by atoms with Crippen molar-refractivity contribution in [3.05, 3.63) is 65.9 Å². The second-order valence-corrected chi connectivity index (χ2v) is 6.16. The normalized spacial score (nSPS) is 17.2. The molecule has 0 spiro atoms. The van der Waals surface area contributed by atoms with Crippen molar-refractivity contribution in [3.8, 4) is 0 Å². The van der Waals surface area contributed by atoms with Crippen molar-refractivity contribution >= 4 is 28.6 Å². The Morgan fingerprint density at radius 3 is 2.60 bits per heavy atom. The third-order valence-corrected chi connectivity index (χ3v) is 4.30. The van der Waals surface area contributed by atoms with Crippen LogP contribution in [0.2, 0.25) is 0 Å². The maximum Gasteiger partial charge on any atom is 0.208 e. The molecule has 0 saturated heterocycles. The third-order valence-electron chi connectivity index (χ3n) is 4.30. The van der Waals surface area contributed by atoms with Gasteiger partial charge in [-0.3, -0.25) is 4.57 Å². The molecule has 2 heterocycles. The fraction of sp³-hybridized carbons (Fsp3) is 0.158. The van der Waals surface area contributed by atoms with E-state index in [1.807, 2.05) is 60.9 Å². The number of benzene rings is 2. The molecule has 0 radical (unpaired) electrons. The average Bonchev–Trinajstić information content (AvgIpc) is 2.91. The lowest BCUT2D eigenvalue weighted by molar-refractivity contribution is 0.514. The number of halogens is 1. The lowest BCUT2D eigenvalue weighted by atomic mass is 10.2. The standard InChI is InChI=1S/C19H18FN5/c1-12-3-6-16(7-4-12)24-11-14(20)10-22-19(24)25-13(2)23-17-8-5-15(21)9-18(17)25/h3-11,19H,21H2,1-2H3. The number of fused-ring (bicyclic) bond motifs is 1. The highest BCUT2D eigenvalue weighted by Gasteiger charge is 2.25. The van der Waals surface area contributed by atoms with E-state index >= 15 is 0 Å². The molecule has 1 atom stereocenters. The van der Waals surface area contributed by atoms with E-state index in [9.17, 15) is 4.39 Å². The molecule has 0 bridgehead atoms. The molecule has 0 aliphatic carbocycles. The molecule has 5 nitrogen and oxygen atoms in total. The predicted octanol–water partition coefficient (Wildman–Crippen LogP) is 4.09. The highest BCUT2D eigenvalue weighted by atomic mass is 19.1. The first-order chi connectivity index (χ1) is 12.0. The number of rotatable bonds is 2. The number of hydrogen-bond acceptors (Lipinski definition) is 4. The molecular weight excluding hydrogens is 317 g/mol. The van der Waals surface area contributed by atoms with E-state index in [2.05, 4.69) is 9.98 Å². The van der Waals surface area contributed by atoms with E-state index in [1.54, 1.807) is 4.90 Å². The number of aliphatic imine (C=N–C) groups is 1. The molecular formula is C19H18FN5. The molecule has 1 aromatic heterocycles. The molecule has 1 unspecified atom stereocenters. The number of anilines is 2. The largest absolute Gasteiger partial charge is 0.399 e. The van der Waals surface area contributed by atoms with Crippen LogP contribution in [0.4, 0.5) is 15.8 Å². The number of hydrogen-bond donors (Lipinski definition) is 1. The summed E-state index contributed by atoms with van der Waals surface area (Å²) in [5.41, 5.74) is 10.3. The van der Waals surface area contributed by atoms with Crippen LogP contribution < -0.4 is 10.6 Å². The maximum atomic E-state index is 13.9. The number of aryl methyl sites for hydroxylation is 2. The van der Waals surface area contributed by atoms with Crippen LogP contribution >= 0.6 is 0 Å². The van der Waals surface area contributed by atoms with Gasteiger partial charge in [0.25, 0.3) is 0 Å². The minimum absolute atomic E-state index is 0.390. The first kappa shape index (κ1) is 15.4. The Kier molecular flexibility index (Phi) is 3.53. The van der Waals surface area contributed by atoms with Crippen LogP contribution in [-0.2, 0) is 0 Å². The van der Waals surface area contributed by atoms with Gasteiger partial charge in [0.1, 0.15) is 5.82 Å². The number of nitrogens with two attached hydrogens (primary N) is 1. The second-order valence-electron chi connectivity index (χ2n) is 6.16. The highest BCUT2D eigenvalue weighted by molar-refractivity contribution is 5.82. The van der Waals surface area contributed by atoms with Crippen molar-refractivity contribution < 1.29 is 4.39 Å². The topological polar surface area (TPSA) is 59.4 Å². The Hall–Kier alpha value is -3.15. The molecule has 25 heavy (non-hydrogen) atoms. The van der Waals surface area contributed by atoms with Crippen LogP contribution in [0.15, 0.2) is 59.5 Å². The SMILES string of the molecule is Cc1ccc(N2C=C(F)C=NC2n2c(C)nc3ccc(N)cc32)cc1. The van der Waals surface area contributed by atoms with Crippen LogP contribution in [0.3, 0.4) is 0 Å². The first-order valence-corrected chi connectivity index (χ1v) is 8.02. The summed E-state index contributed by atoms with van der Waals surface area (Å²) in [7, 11) is 0. The van der Waals surface area contributed by atoms with Crippen LogP contribution in [0.25, 0.3) is 11.0 Å². The van der Waals surface area contributed by atoms with Gasteiger partial charge in [0.15, 0.2) is 5.83 Å². The molecule has 0 amide bonds. The average molecular weight is 335 g/mol. The van der Waals surface area contributed by atoms with Gasteiger partial charge in [-0.1, -0.05) is 17.7 Å². The summed E-state index contributed by atoms with van der Waals surface area (Å²) in [6, 6.07) is 13.5. The van der Waals surface area contributed by atoms with Crippen molar-refractivity contribution in [2.24, 2.45) is 4.99 Å². The van der Waals surface area contributed by atoms with Gasteiger partial charge in [-0.05, 0) is 44.2 Å². The van der Waals surface area contributed by atoms with E-state index < -0.39 is 12.1 Å². The fourth-order valence-electron chi connectivity index (χ4n) is 3.08. The summed E-state index contributed by atoms with van der Waals surface area (Å²) >= 11 is 0. The van der Waals surface area contributed by atoms with Crippen LogP contribution in [0.5, 0.6) is 0 Å². The molecule has 4 rings (SSSR count). The van der Waals surface area contributed by atoms with Crippen molar-refractivity contribution in [1.82, 2.24) is 9.55 Å². The number of imidazole rings is 1. The molecule has 6 heteroatoms. The number of aromatic nitrogens is 2. The zero-order valence-electron chi connectivity index (χ0n) is 14.0. The summed E-state index contributed by atoms with van der Waals surface area (Å²) < 4.78 is 15.9. The molecule has 2 aromatic carbocycles. The summed E-state index contributed by atoms with van der Waals surface area (Å²) in [4.78, 5) is 10.8. The van der Waals surface area contributed by atoms with Crippen molar-refractivity contribution in [2.75, 3.05) is 10.6 Å². The zero-order valence-corrected chi connectivity index (χ0v) is 14.0. The van der Waals surface area contributed by atoms with Crippen LogP contribution in [0.1, 0.15) is 17.7 Å². The maximum absolute atomic E-state index is 13.9. The first-order valence-electron chi connectivity index (χ1n) is 8.02. The van der Waals surface area contributed by atoms with Gasteiger partial charge in [0.05, 0.1) is 17.2 Å². The summed E-state index contributed by atoms with van der Waals surface area (Å²) in [5.74, 6) is 0.397. The summed E-state index contributed by atoms with van der Waals surface area (Å²) in [6.45, 7) is 3.93. The number of nitrogen functional groups attached to an aromatic ring is 1. The Morgan fingerprint density at radius 2 is 1.84 bits per heavy atom. The molecule has 2 N–H and O–H groups in total. The van der Waals surface area contributed by atoms with Gasteiger partial charge in [-0.15, -0.1) is 0 Å². The lowest BCUT2D eigenvalue weighted by Gasteiger charge is -2.31. The van der Waals surface area contributed by atoms with Crippen LogP contribution in [-0.4, -0.2) is 15.8 Å². The van der Waals surface area contributed by atoms with Gasteiger partial charge < -0.3 is 10.6 Å². The van der Waals surface area contributed by atoms with E-state index in [1.165, 1.54) is 12.4 Å². The van der Waals surface area contributed by atoms with E-state index in [-0.39, 0.29) is 0 Å². The van der Waals surface area contributed by atoms with E-state index in [0.29, 0.717) is 5.69 Å². The lowest BCUT2D eigenvalue weighted by Crippen LogP contribution is -2.30. The Morgan fingerprint density at radius 1 is 1.08 bits per heavy atom. The monoisotopic (exact) mass is 335 g/mol. The van der Waals surface area contributed by atoms with Gasteiger partial charge >= 0.3 is 0 Å². The van der Waals surface area contributed by atoms with Gasteiger partial charge in [0.2, 0.25) is 6.29 Å². The number of allylic oxidation sites excluding steroid dienone is 1. The molecule has 1 aliphatic heterocycles. The van der Waals surface area contributed by atoms with E-state index in [0.717, 1.165) is 28.1 Å². The predicted molar refractivity (Wildman–Crippen MR) is 99.3 cm³/mol. The summed E-state index contributed by atoms with van der Waals surface area (Å²) in [6.07, 6.45) is 2.24. The van der Waals surface area contributed by atoms with Crippen molar-refractivity contribution in [3.63, 3.8) is 0 Å². The minimum Gasteiger partial charge on any atom is -0.399 e. The molecule has 3 aromatic rings. The molecule has 1 aliphatic rings. The smallest absolute Gasteiger partial charge is 0.208 e. The van der Waals surface area contributed by atoms with Gasteiger partial charge in [-0.2, -0.15) is 0 Å². The summed E-state index contributed by atoms with van der Waals surface area (Å²) in [5, 5.41) is 0. The Bertz CT molecular complexity index is 1000. The molecule has 126 valence electrons. The van der Waals surface area contributed by atoms with Crippen LogP contribution in [0, 0.1) is 13.8 Å². The minimum atomic E-state index is -0.464. The number of nitrogens with zero attached hydrogens (tertiary/aromatic N) is 4. The molecule has 0 saturated carbocycles. The van der Waals surface area contributed by atoms with Gasteiger partial charge in [0, 0.05) is 17.6 Å². The highest BCUT2D eigenvalue weighted by Crippen LogP contribution is 2.32. The Balaban J connectivity index is 1.88. The third kappa shape index (κ3) is 2.65. The van der Waals surface area contributed by atoms with Crippen molar-refractivity contribution in [2.45, 2.75) is 20.1 Å². The second kappa shape index (κ2) is 5.73. The fourth-order valence-corrected chi connectivity index (χ4v) is 3.08. The Labute approximate surface area is 144 Å². The van der Waals surface area contributed by atoms with E-state index in [4.69, 9.17) is 5.73 Å².